The zero-order valence-corrected chi connectivity index (χ0v) is 17.5. The molecule has 1 aromatic heterocycles. The molecule has 0 unspecified atom stereocenters. The molecular formula is C22H18N2O3S2. The van der Waals surface area contributed by atoms with Gasteiger partial charge in [0.05, 0.1) is 17.1 Å². The fourth-order valence-corrected chi connectivity index (χ4v) is 5.28. The number of hydrogen-bond donors (Lipinski definition) is 0. The number of ketones is 1. The average Bonchev–Trinajstić information content (AvgIpc) is 3.23. The predicted molar refractivity (Wildman–Crippen MR) is 116 cm³/mol. The summed E-state index contributed by atoms with van der Waals surface area (Å²) in [6.45, 7) is 3.93. The van der Waals surface area contributed by atoms with Gasteiger partial charge in [-0.2, -0.15) is 12.8 Å². The number of aliphatic imine (C=N–C) groups is 1. The molecule has 0 saturated heterocycles. The van der Waals surface area contributed by atoms with Crippen LogP contribution in [0.3, 0.4) is 0 Å². The Hall–Kier alpha value is -2.90. The molecule has 0 saturated carbocycles. The van der Waals surface area contributed by atoms with Gasteiger partial charge >= 0.3 is 0 Å². The van der Waals surface area contributed by atoms with Crippen molar-refractivity contribution in [2.24, 2.45) is 9.39 Å². The van der Waals surface area contributed by atoms with E-state index in [2.05, 4.69) is 9.39 Å². The maximum absolute atomic E-state index is 13.0. The second kappa shape index (κ2) is 7.50. The lowest BCUT2D eigenvalue weighted by atomic mass is 9.87. The van der Waals surface area contributed by atoms with Crippen LogP contribution in [0.2, 0.25) is 0 Å². The Balaban J connectivity index is 1.85. The fraction of sp³-hybridized carbons (Fsp3) is 0.136. The highest BCUT2D eigenvalue weighted by Crippen LogP contribution is 2.27. The molecule has 0 amide bonds. The molecule has 0 spiro atoms. The summed E-state index contributed by atoms with van der Waals surface area (Å²) in [5.74, 6) is -0.201. The molecule has 1 aliphatic rings. The van der Waals surface area contributed by atoms with Gasteiger partial charge in [0.15, 0.2) is 0 Å². The van der Waals surface area contributed by atoms with E-state index in [1.807, 2.05) is 32.0 Å². The molecule has 0 aliphatic heterocycles. The van der Waals surface area contributed by atoms with Crippen molar-refractivity contribution in [2.45, 2.75) is 24.5 Å². The molecule has 1 heterocycles. The molecule has 7 heteroatoms. The summed E-state index contributed by atoms with van der Waals surface area (Å²) in [6.07, 6.45) is 0.0633. The summed E-state index contributed by atoms with van der Waals surface area (Å²) in [6, 6.07) is 15.9. The van der Waals surface area contributed by atoms with Crippen molar-refractivity contribution in [3.8, 4) is 0 Å². The maximum Gasteiger partial charge on any atom is 0.292 e. The molecule has 0 fully saturated rings. The van der Waals surface area contributed by atoms with Crippen LogP contribution in [0.4, 0.5) is 5.69 Å². The van der Waals surface area contributed by atoms with Gasteiger partial charge in [-0.05, 0) is 36.9 Å². The highest BCUT2D eigenvalue weighted by atomic mass is 32.2. The van der Waals surface area contributed by atoms with E-state index < -0.39 is 10.0 Å². The van der Waals surface area contributed by atoms with Gasteiger partial charge in [0.2, 0.25) is 5.78 Å². The Morgan fingerprint density at radius 3 is 2.38 bits per heavy atom. The van der Waals surface area contributed by atoms with Crippen molar-refractivity contribution in [2.75, 3.05) is 0 Å². The highest BCUT2D eigenvalue weighted by Gasteiger charge is 2.29. The second-order valence-corrected chi connectivity index (χ2v) is 9.62. The maximum atomic E-state index is 13.0. The summed E-state index contributed by atoms with van der Waals surface area (Å²) in [5, 5.41) is 1.69. The molecule has 1 aliphatic carbocycles. The summed E-state index contributed by atoms with van der Waals surface area (Å²) in [5.41, 5.74) is 4.33. The lowest BCUT2D eigenvalue weighted by Crippen LogP contribution is -2.28. The zero-order valence-electron chi connectivity index (χ0n) is 15.9. The fourth-order valence-electron chi connectivity index (χ4n) is 3.27. The molecule has 0 bridgehead atoms. The molecule has 146 valence electrons. The first kappa shape index (κ1) is 19.4. The number of thiophene rings is 1. The number of carbonyl (C=O) groups is 1. The number of aryl methyl sites for hydroxylation is 2. The summed E-state index contributed by atoms with van der Waals surface area (Å²) in [7, 11) is -3.85. The highest BCUT2D eigenvalue weighted by molar-refractivity contribution is 7.92. The third kappa shape index (κ3) is 3.83. The van der Waals surface area contributed by atoms with Crippen molar-refractivity contribution in [3.63, 3.8) is 0 Å². The van der Waals surface area contributed by atoms with Crippen LogP contribution >= 0.6 is 11.3 Å². The summed E-state index contributed by atoms with van der Waals surface area (Å²) in [4.78, 5) is 17.6. The van der Waals surface area contributed by atoms with E-state index in [0.717, 1.165) is 22.5 Å². The number of carbonyl (C=O) groups excluding carboxylic acids is 1. The topological polar surface area (TPSA) is 75.9 Å². The smallest absolute Gasteiger partial charge is 0.287 e. The molecule has 4 rings (SSSR count). The summed E-state index contributed by atoms with van der Waals surface area (Å²) >= 11 is 1.11. The minimum atomic E-state index is -3.85. The first-order valence-electron chi connectivity index (χ1n) is 9.01. The van der Waals surface area contributed by atoms with Gasteiger partial charge in [0.25, 0.3) is 10.0 Å². The van der Waals surface area contributed by atoms with Crippen LogP contribution in [0.1, 0.15) is 33.5 Å². The third-order valence-corrected chi connectivity index (χ3v) is 7.35. The largest absolute Gasteiger partial charge is 0.292 e. The normalized spacial score (nSPS) is 17.0. The third-order valence-electron chi connectivity index (χ3n) is 4.67. The summed E-state index contributed by atoms with van der Waals surface area (Å²) < 4.78 is 29.7. The molecule has 0 radical (unpaired) electrons. The molecule has 29 heavy (non-hydrogen) atoms. The van der Waals surface area contributed by atoms with Gasteiger partial charge < -0.3 is 0 Å². The quantitative estimate of drug-likeness (QED) is 0.602. The number of sulfonamides is 1. The standard InChI is InChI=1S/C22H18N2O3S2/c1-14-9-10-18(15(2)12-14)23-20-13-19(16-6-3-4-7-17(16)22(20)25)24-29(26,27)21-8-5-11-28-21/h3-12H,13H2,1-2H3. The molecule has 5 nitrogen and oxygen atoms in total. The Morgan fingerprint density at radius 1 is 0.931 bits per heavy atom. The Morgan fingerprint density at radius 2 is 1.69 bits per heavy atom. The van der Waals surface area contributed by atoms with E-state index in [9.17, 15) is 13.2 Å². The number of benzene rings is 2. The van der Waals surface area contributed by atoms with Crippen LogP contribution in [0.5, 0.6) is 0 Å². The Bertz CT molecular complexity index is 1270. The van der Waals surface area contributed by atoms with E-state index in [1.54, 1.807) is 35.7 Å². The van der Waals surface area contributed by atoms with E-state index in [4.69, 9.17) is 0 Å². The molecule has 3 aromatic rings. The van der Waals surface area contributed by atoms with Gasteiger partial charge in [0, 0.05) is 17.5 Å². The van der Waals surface area contributed by atoms with Crippen molar-refractivity contribution >= 4 is 44.3 Å². The number of fused-ring (bicyclic) bond motifs is 1. The number of Topliss-reactive ketones (excluding diaryl/α,β-unsaturated/α-hetero) is 1. The van der Waals surface area contributed by atoms with Gasteiger partial charge in [-0.3, -0.25) is 4.79 Å². The zero-order chi connectivity index (χ0) is 20.6. The molecular weight excluding hydrogens is 404 g/mol. The molecule has 2 aromatic carbocycles. The second-order valence-electron chi connectivity index (χ2n) is 6.85. The first-order valence-corrected chi connectivity index (χ1v) is 11.3. The first-order chi connectivity index (χ1) is 13.8. The van der Waals surface area contributed by atoms with E-state index in [0.29, 0.717) is 22.5 Å². The van der Waals surface area contributed by atoms with E-state index >= 15 is 0 Å². The van der Waals surface area contributed by atoms with Crippen molar-refractivity contribution < 1.29 is 13.2 Å². The van der Waals surface area contributed by atoms with Gasteiger partial charge in [-0.15, -0.1) is 11.3 Å². The number of hydrogen-bond acceptors (Lipinski definition) is 5. The van der Waals surface area contributed by atoms with Crippen molar-refractivity contribution in [3.05, 3.63) is 82.2 Å². The average molecular weight is 423 g/mol. The van der Waals surface area contributed by atoms with Crippen LogP contribution in [0, 0.1) is 13.8 Å². The monoisotopic (exact) mass is 422 g/mol. The van der Waals surface area contributed by atoms with Crippen molar-refractivity contribution in [1.29, 1.82) is 0 Å². The Kier molecular flexibility index (Phi) is 5.02. The van der Waals surface area contributed by atoms with Gasteiger partial charge in [-0.1, -0.05) is 48.0 Å². The van der Waals surface area contributed by atoms with Crippen LogP contribution in [0.25, 0.3) is 0 Å². The van der Waals surface area contributed by atoms with Crippen molar-refractivity contribution in [1.82, 2.24) is 0 Å². The van der Waals surface area contributed by atoms with Crippen LogP contribution in [-0.2, 0) is 10.0 Å². The number of nitrogens with zero attached hydrogens (tertiary/aromatic N) is 2. The molecule has 0 atom stereocenters. The lowest BCUT2D eigenvalue weighted by Gasteiger charge is -2.18. The SMILES string of the molecule is Cc1ccc(N=C2CC(=NS(=O)(=O)c3cccs3)c3ccccc3C2=O)c(C)c1. The lowest BCUT2D eigenvalue weighted by molar-refractivity contribution is 0.106. The van der Waals surface area contributed by atoms with E-state index in [-0.39, 0.29) is 22.1 Å². The van der Waals surface area contributed by atoms with Gasteiger partial charge in [0.1, 0.15) is 4.21 Å². The van der Waals surface area contributed by atoms with Crippen LogP contribution in [0.15, 0.2) is 73.6 Å². The van der Waals surface area contributed by atoms with Crippen LogP contribution < -0.4 is 0 Å². The Labute approximate surface area is 173 Å². The predicted octanol–water partition coefficient (Wildman–Crippen LogP) is 4.90. The van der Waals surface area contributed by atoms with Crippen LogP contribution in [-0.4, -0.2) is 25.6 Å². The number of rotatable bonds is 3. The van der Waals surface area contributed by atoms with Gasteiger partial charge in [-0.25, -0.2) is 4.99 Å². The minimum absolute atomic E-state index is 0.0633. The molecule has 0 N–H and O–H groups in total. The van der Waals surface area contributed by atoms with E-state index in [1.165, 1.54) is 6.07 Å². The minimum Gasteiger partial charge on any atom is -0.287 e.